The van der Waals surface area contributed by atoms with Gasteiger partial charge in [-0.2, -0.15) is 0 Å². The molecule has 1 fully saturated rings. The molecule has 1 N–H and O–H groups in total. The highest BCUT2D eigenvalue weighted by atomic mass is 35.5. The zero-order valence-electron chi connectivity index (χ0n) is 13.9. The summed E-state index contributed by atoms with van der Waals surface area (Å²) in [5.74, 6) is 0. The zero-order chi connectivity index (χ0) is 17.6. The van der Waals surface area contributed by atoms with Crippen LogP contribution in [0.5, 0.6) is 0 Å². The lowest BCUT2D eigenvalue weighted by Gasteiger charge is -2.22. The third-order valence-corrected chi connectivity index (χ3v) is 4.85. The maximum Gasteiger partial charge on any atom is 0.321 e. The van der Waals surface area contributed by atoms with E-state index in [9.17, 15) is 4.79 Å². The molecule has 0 radical (unpaired) electrons. The summed E-state index contributed by atoms with van der Waals surface area (Å²) in [7, 11) is 0. The van der Waals surface area contributed by atoms with E-state index < -0.39 is 0 Å². The summed E-state index contributed by atoms with van der Waals surface area (Å²) in [6, 6.07) is 15.4. The predicted octanol–water partition coefficient (Wildman–Crippen LogP) is 4.73. The highest BCUT2D eigenvalue weighted by Gasteiger charge is 2.19. The summed E-state index contributed by atoms with van der Waals surface area (Å²) >= 11 is 12.0. The number of carbonyl (C=O) groups is 1. The Balaban J connectivity index is 1.56. The van der Waals surface area contributed by atoms with E-state index in [-0.39, 0.29) is 6.03 Å². The lowest BCUT2D eigenvalue weighted by molar-refractivity contribution is 0.211. The van der Waals surface area contributed by atoms with E-state index >= 15 is 0 Å². The minimum Gasteiger partial charge on any atom is -0.323 e. The second-order valence-corrected chi connectivity index (χ2v) is 7.00. The van der Waals surface area contributed by atoms with E-state index in [1.807, 2.05) is 11.0 Å². The fourth-order valence-electron chi connectivity index (χ4n) is 2.96. The van der Waals surface area contributed by atoms with E-state index in [1.165, 1.54) is 5.56 Å². The Morgan fingerprint density at radius 2 is 1.80 bits per heavy atom. The molecule has 0 spiro atoms. The molecule has 1 saturated heterocycles. The van der Waals surface area contributed by atoms with Crippen molar-refractivity contribution in [2.24, 2.45) is 0 Å². The first-order valence-corrected chi connectivity index (χ1v) is 9.15. The lowest BCUT2D eigenvalue weighted by Crippen LogP contribution is -2.38. The first-order valence-electron chi connectivity index (χ1n) is 8.39. The van der Waals surface area contributed by atoms with Crippen LogP contribution in [0.1, 0.15) is 12.0 Å². The van der Waals surface area contributed by atoms with Crippen LogP contribution in [0.3, 0.4) is 0 Å². The number of halogens is 2. The van der Waals surface area contributed by atoms with E-state index in [0.29, 0.717) is 22.3 Å². The fraction of sp³-hybridized carbons (Fsp3) is 0.316. The molecule has 1 aliphatic heterocycles. The Kier molecular flexibility index (Phi) is 6.19. The molecule has 25 heavy (non-hydrogen) atoms. The van der Waals surface area contributed by atoms with Gasteiger partial charge in [-0.05, 0) is 30.2 Å². The average molecular weight is 378 g/mol. The van der Waals surface area contributed by atoms with Gasteiger partial charge in [-0.25, -0.2) is 4.79 Å². The maximum absolute atomic E-state index is 12.5. The first-order chi connectivity index (χ1) is 12.1. The molecule has 4 nitrogen and oxygen atoms in total. The number of nitrogens with one attached hydrogen (secondary N) is 1. The third kappa shape index (κ3) is 5.11. The van der Waals surface area contributed by atoms with Crippen LogP contribution in [0.15, 0.2) is 48.5 Å². The Labute approximate surface area is 158 Å². The van der Waals surface area contributed by atoms with Gasteiger partial charge in [-0.1, -0.05) is 53.5 Å². The predicted molar refractivity (Wildman–Crippen MR) is 103 cm³/mol. The zero-order valence-corrected chi connectivity index (χ0v) is 15.4. The Bertz CT molecular complexity index is 724. The maximum atomic E-state index is 12.5. The van der Waals surface area contributed by atoms with Crippen molar-refractivity contribution in [3.8, 4) is 0 Å². The number of hydrogen-bond acceptors (Lipinski definition) is 2. The van der Waals surface area contributed by atoms with E-state index in [0.717, 1.165) is 32.6 Å². The molecule has 1 aliphatic rings. The number of carbonyl (C=O) groups excluding carboxylic acids is 1. The van der Waals surface area contributed by atoms with Gasteiger partial charge in [0.1, 0.15) is 0 Å². The Morgan fingerprint density at radius 3 is 2.56 bits per heavy atom. The van der Waals surface area contributed by atoms with Crippen LogP contribution < -0.4 is 5.32 Å². The molecule has 2 aromatic rings. The molecule has 132 valence electrons. The molecule has 2 amide bonds. The van der Waals surface area contributed by atoms with Crippen molar-refractivity contribution in [2.45, 2.75) is 13.0 Å². The average Bonchev–Trinajstić information content (AvgIpc) is 2.84. The molecule has 2 aromatic carbocycles. The number of nitrogens with zero attached hydrogens (tertiary/aromatic N) is 2. The van der Waals surface area contributed by atoms with Gasteiger partial charge in [0.05, 0.1) is 10.7 Å². The van der Waals surface area contributed by atoms with E-state index in [1.54, 1.807) is 18.2 Å². The van der Waals surface area contributed by atoms with Crippen LogP contribution >= 0.6 is 23.2 Å². The number of benzene rings is 2. The van der Waals surface area contributed by atoms with Crippen LogP contribution in [-0.2, 0) is 6.54 Å². The standard InChI is InChI=1S/C19H21Cl2N3O/c20-16-7-8-18(17(21)13-16)22-19(25)24-10-4-9-23(11-12-24)14-15-5-2-1-3-6-15/h1-3,5-8,13H,4,9-12,14H2,(H,22,25). The molecule has 0 unspecified atom stereocenters. The summed E-state index contributed by atoms with van der Waals surface area (Å²) in [6.07, 6.45) is 0.953. The normalized spacial score (nSPS) is 15.7. The molecule has 0 atom stereocenters. The molecular formula is C19H21Cl2N3O. The van der Waals surface area contributed by atoms with E-state index in [4.69, 9.17) is 23.2 Å². The first kappa shape index (κ1) is 18.1. The van der Waals surface area contributed by atoms with Gasteiger partial charge in [0.15, 0.2) is 0 Å². The number of urea groups is 1. The van der Waals surface area contributed by atoms with Crippen molar-refractivity contribution >= 4 is 34.9 Å². The van der Waals surface area contributed by atoms with Crippen LogP contribution in [0.2, 0.25) is 10.0 Å². The SMILES string of the molecule is O=C(Nc1ccc(Cl)cc1Cl)N1CCCN(Cc2ccccc2)CC1. The highest BCUT2D eigenvalue weighted by Crippen LogP contribution is 2.25. The molecule has 0 aliphatic carbocycles. The lowest BCUT2D eigenvalue weighted by atomic mass is 10.2. The summed E-state index contributed by atoms with van der Waals surface area (Å²) in [5, 5.41) is 3.87. The third-order valence-electron chi connectivity index (χ3n) is 4.30. The molecule has 1 heterocycles. The quantitative estimate of drug-likeness (QED) is 0.838. The summed E-state index contributed by atoms with van der Waals surface area (Å²) in [6.45, 7) is 4.20. The number of hydrogen-bond donors (Lipinski definition) is 1. The number of rotatable bonds is 3. The molecular weight excluding hydrogens is 357 g/mol. The van der Waals surface area contributed by atoms with Crippen LogP contribution in [0, 0.1) is 0 Å². The van der Waals surface area contributed by atoms with E-state index in [2.05, 4.69) is 34.5 Å². The van der Waals surface area contributed by atoms with Crippen molar-refractivity contribution in [2.75, 3.05) is 31.5 Å². The fourth-order valence-corrected chi connectivity index (χ4v) is 3.41. The van der Waals surface area contributed by atoms with Gasteiger partial charge in [-0.3, -0.25) is 4.90 Å². The van der Waals surface area contributed by atoms with Gasteiger partial charge < -0.3 is 10.2 Å². The van der Waals surface area contributed by atoms with Crippen LogP contribution in [0.4, 0.5) is 10.5 Å². The smallest absolute Gasteiger partial charge is 0.321 e. The summed E-state index contributed by atoms with van der Waals surface area (Å²) in [4.78, 5) is 16.8. The van der Waals surface area contributed by atoms with Crippen LogP contribution in [-0.4, -0.2) is 42.0 Å². The molecule has 6 heteroatoms. The largest absolute Gasteiger partial charge is 0.323 e. The highest BCUT2D eigenvalue weighted by molar-refractivity contribution is 6.36. The second kappa shape index (κ2) is 8.56. The minimum absolute atomic E-state index is 0.120. The topological polar surface area (TPSA) is 35.6 Å². The molecule has 0 bridgehead atoms. The van der Waals surface area contributed by atoms with Crippen molar-refractivity contribution in [1.29, 1.82) is 0 Å². The van der Waals surface area contributed by atoms with Gasteiger partial charge in [0.2, 0.25) is 0 Å². The number of anilines is 1. The molecule has 3 rings (SSSR count). The van der Waals surface area contributed by atoms with Gasteiger partial charge in [0.25, 0.3) is 0 Å². The molecule has 0 saturated carbocycles. The van der Waals surface area contributed by atoms with Gasteiger partial charge in [0, 0.05) is 37.7 Å². The Morgan fingerprint density at radius 1 is 1.00 bits per heavy atom. The summed E-state index contributed by atoms with van der Waals surface area (Å²) in [5.41, 5.74) is 1.88. The minimum atomic E-state index is -0.120. The van der Waals surface area contributed by atoms with Crippen molar-refractivity contribution < 1.29 is 4.79 Å². The van der Waals surface area contributed by atoms with Crippen LogP contribution in [0.25, 0.3) is 0 Å². The second-order valence-electron chi connectivity index (χ2n) is 6.16. The van der Waals surface area contributed by atoms with Crippen molar-refractivity contribution in [3.63, 3.8) is 0 Å². The number of amides is 2. The molecule has 0 aromatic heterocycles. The van der Waals surface area contributed by atoms with Gasteiger partial charge >= 0.3 is 6.03 Å². The monoisotopic (exact) mass is 377 g/mol. The van der Waals surface area contributed by atoms with Gasteiger partial charge in [-0.15, -0.1) is 0 Å². The Hall–Kier alpha value is -1.75. The van der Waals surface area contributed by atoms with Crippen molar-refractivity contribution in [3.05, 3.63) is 64.1 Å². The van der Waals surface area contributed by atoms with Crippen molar-refractivity contribution in [1.82, 2.24) is 9.80 Å². The summed E-state index contributed by atoms with van der Waals surface area (Å²) < 4.78 is 0.